The van der Waals surface area contributed by atoms with Crippen molar-refractivity contribution in [3.8, 4) is 0 Å². The molecule has 4 rings (SSSR count). The van der Waals surface area contributed by atoms with Crippen molar-refractivity contribution in [3.05, 3.63) is 0 Å². The van der Waals surface area contributed by atoms with Crippen molar-refractivity contribution >= 4 is 23.6 Å². The Labute approximate surface area is 165 Å². The number of nitrogens with zero attached hydrogens (tertiary/aromatic N) is 4. The van der Waals surface area contributed by atoms with E-state index in [9.17, 15) is 19.2 Å². The Balaban J connectivity index is 1.55. The molecule has 6 atom stereocenters. The minimum absolute atomic E-state index is 0.00779. The minimum Gasteiger partial charge on any atom is -0.336 e. The van der Waals surface area contributed by atoms with E-state index in [4.69, 9.17) is 0 Å². The van der Waals surface area contributed by atoms with E-state index in [2.05, 4.69) is 0 Å². The molecular weight excluding hydrogens is 360 g/mol. The minimum atomic E-state index is -0.759. The summed E-state index contributed by atoms with van der Waals surface area (Å²) in [6, 6.07) is 0.683. The summed E-state index contributed by atoms with van der Waals surface area (Å²) in [5.74, 6) is -2.02. The number of hydrogen-bond donors (Lipinski definition) is 0. The maximum Gasteiger partial charge on any atom is 0.227 e. The molecule has 0 bridgehead atoms. The van der Waals surface area contributed by atoms with Crippen molar-refractivity contribution in [2.24, 2.45) is 11.8 Å². The van der Waals surface area contributed by atoms with Gasteiger partial charge in [0.25, 0.3) is 0 Å². The summed E-state index contributed by atoms with van der Waals surface area (Å²) >= 11 is 0. The standard InChI is InChI=1S/C20H30N4O4/c1-11-7-21(11)17(25)5-15(19(27)23-9-13(23)3)16(20(28)24-10-14(24)4)6-18(26)22-8-12(22)2/h11-16H,5-10H2,1-4H3. The molecular formula is C20H30N4O4. The molecule has 8 nitrogen and oxygen atoms in total. The lowest BCUT2D eigenvalue weighted by molar-refractivity contribution is -0.146. The lowest BCUT2D eigenvalue weighted by Gasteiger charge is -2.26. The van der Waals surface area contributed by atoms with Gasteiger partial charge in [0.05, 0.1) is 11.8 Å². The van der Waals surface area contributed by atoms with Gasteiger partial charge in [0, 0.05) is 63.2 Å². The largest absolute Gasteiger partial charge is 0.336 e. The van der Waals surface area contributed by atoms with Crippen molar-refractivity contribution in [3.63, 3.8) is 0 Å². The molecule has 0 aromatic heterocycles. The third-order valence-corrected chi connectivity index (χ3v) is 6.55. The first-order chi connectivity index (χ1) is 13.2. The molecule has 0 aliphatic carbocycles. The Kier molecular flexibility index (Phi) is 4.62. The molecule has 0 N–H and O–H groups in total. The lowest BCUT2D eigenvalue weighted by atomic mass is 9.84. The molecule has 4 fully saturated rings. The number of carbonyl (C=O) groups excluding carboxylic acids is 4. The van der Waals surface area contributed by atoms with Crippen molar-refractivity contribution in [1.29, 1.82) is 0 Å². The first-order valence-electron chi connectivity index (χ1n) is 10.4. The molecule has 0 aromatic carbocycles. The summed E-state index contributed by atoms with van der Waals surface area (Å²) in [6.45, 7) is 10.5. The molecule has 4 aliphatic rings. The summed E-state index contributed by atoms with van der Waals surface area (Å²) in [4.78, 5) is 58.4. The van der Waals surface area contributed by atoms with E-state index < -0.39 is 11.8 Å². The zero-order valence-corrected chi connectivity index (χ0v) is 17.1. The first kappa shape index (κ1) is 19.2. The number of hydrogen-bond acceptors (Lipinski definition) is 4. The van der Waals surface area contributed by atoms with Crippen LogP contribution in [-0.2, 0) is 19.2 Å². The molecule has 4 saturated heterocycles. The van der Waals surface area contributed by atoms with Crippen molar-refractivity contribution in [1.82, 2.24) is 19.6 Å². The van der Waals surface area contributed by atoms with Gasteiger partial charge in [-0.05, 0) is 27.7 Å². The molecule has 0 spiro atoms. The van der Waals surface area contributed by atoms with Gasteiger partial charge in [-0.15, -0.1) is 0 Å². The van der Waals surface area contributed by atoms with Gasteiger partial charge < -0.3 is 19.6 Å². The van der Waals surface area contributed by atoms with Gasteiger partial charge in [-0.1, -0.05) is 0 Å². The quantitative estimate of drug-likeness (QED) is 0.570. The molecule has 6 unspecified atom stereocenters. The van der Waals surface area contributed by atoms with E-state index in [0.29, 0.717) is 26.2 Å². The van der Waals surface area contributed by atoms with E-state index in [1.54, 1.807) is 19.6 Å². The highest BCUT2D eigenvalue weighted by atomic mass is 16.2. The van der Waals surface area contributed by atoms with Crippen molar-refractivity contribution in [2.45, 2.75) is 64.7 Å². The van der Waals surface area contributed by atoms with Crippen LogP contribution in [-0.4, -0.2) is 93.6 Å². The van der Waals surface area contributed by atoms with Gasteiger partial charge in [-0.3, -0.25) is 19.2 Å². The fourth-order valence-corrected chi connectivity index (χ4v) is 4.10. The Morgan fingerprint density at radius 3 is 1.07 bits per heavy atom. The molecule has 4 heterocycles. The van der Waals surface area contributed by atoms with Gasteiger partial charge in [0.1, 0.15) is 0 Å². The molecule has 4 aliphatic heterocycles. The SMILES string of the molecule is CC1CN1C(=O)CC(C(=O)N1CC1C)C(CC(=O)N1CC1C)C(=O)N1CC1C. The van der Waals surface area contributed by atoms with Gasteiger partial charge in [-0.25, -0.2) is 0 Å². The van der Waals surface area contributed by atoms with Crippen LogP contribution in [0.15, 0.2) is 0 Å². The van der Waals surface area contributed by atoms with Crippen LogP contribution in [0.4, 0.5) is 0 Å². The number of carbonyl (C=O) groups is 4. The average Bonchev–Trinajstić information content (AvgIpc) is 3.42. The van der Waals surface area contributed by atoms with Gasteiger partial charge in [-0.2, -0.15) is 0 Å². The molecule has 4 amide bonds. The van der Waals surface area contributed by atoms with E-state index in [1.165, 1.54) is 0 Å². The average molecular weight is 390 g/mol. The summed E-state index contributed by atoms with van der Waals surface area (Å²) in [7, 11) is 0. The zero-order chi connectivity index (χ0) is 20.3. The number of rotatable bonds is 7. The van der Waals surface area contributed by atoms with Crippen LogP contribution in [0.5, 0.6) is 0 Å². The summed E-state index contributed by atoms with van der Waals surface area (Å²) < 4.78 is 0. The van der Waals surface area contributed by atoms with E-state index >= 15 is 0 Å². The van der Waals surface area contributed by atoms with Crippen LogP contribution in [0.1, 0.15) is 40.5 Å². The predicted molar refractivity (Wildman–Crippen MR) is 101 cm³/mol. The molecule has 8 heteroatoms. The monoisotopic (exact) mass is 390 g/mol. The van der Waals surface area contributed by atoms with Crippen molar-refractivity contribution in [2.75, 3.05) is 26.2 Å². The summed E-state index contributed by atoms with van der Waals surface area (Å²) in [5, 5.41) is 0. The maximum absolute atomic E-state index is 13.1. The van der Waals surface area contributed by atoms with Crippen LogP contribution in [0, 0.1) is 11.8 Å². The lowest BCUT2D eigenvalue weighted by Crippen LogP contribution is -2.41. The van der Waals surface area contributed by atoms with Gasteiger partial charge in [0.2, 0.25) is 23.6 Å². The Hall–Kier alpha value is -2.12. The van der Waals surface area contributed by atoms with E-state index in [0.717, 1.165) is 0 Å². The van der Waals surface area contributed by atoms with Crippen LogP contribution in [0.2, 0.25) is 0 Å². The fourth-order valence-electron chi connectivity index (χ4n) is 4.10. The Morgan fingerprint density at radius 2 is 0.857 bits per heavy atom. The predicted octanol–water partition coefficient (Wildman–Crippen LogP) is -0.0782. The van der Waals surface area contributed by atoms with Crippen molar-refractivity contribution < 1.29 is 19.2 Å². The molecule has 0 radical (unpaired) electrons. The second kappa shape index (κ2) is 6.74. The highest BCUT2D eigenvalue weighted by Gasteiger charge is 2.50. The third kappa shape index (κ3) is 3.73. The van der Waals surface area contributed by atoms with Gasteiger partial charge in [0.15, 0.2) is 0 Å². The Bertz CT molecular complexity index is 665. The van der Waals surface area contributed by atoms with Crippen LogP contribution >= 0.6 is 0 Å². The fraction of sp³-hybridized carbons (Fsp3) is 0.800. The third-order valence-electron chi connectivity index (χ3n) is 6.55. The molecule has 0 saturated carbocycles. The maximum atomic E-state index is 13.1. The highest BCUT2D eigenvalue weighted by Crippen LogP contribution is 2.35. The van der Waals surface area contributed by atoms with E-state index in [-0.39, 0.29) is 60.6 Å². The second-order valence-corrected chi connectivity index (χ2v) is 9.09. The highest BCUT2D eigenvalue weighted by molar-refractivity contribution is 5.96. The summed E-state index contributed by atoms with van der Waals surface area (Å²) in [6.07, 6.45) is 0.0156. The first-order valence-corrected chi connectivity index (χ1v) is 10.4. The zero-order valence-electron chi connectivity index (χ0n) is 17.1. The van der Waals surface area contributed by atoms with Crippen LogP contribution in [0.3, 0.4) is 0 Å². The summed E-state index contributed by atoms with van der Waals surface area (Å²) in [5.41, 5.74) is 0. The normalized spacial score (nSPS) is 32.0. The Morgan fingerprint density at radius 1 is 0.607 bits per heavy atom. The van der Waals surface area contributed by atoms with E-state index in [1.807, 2.05) is 27.7 Å². The van der Waals surface area contributed by atoms with Gasteiger partial charge >= 0.3 is 0 Å². The second-order valence-electron chi connectivity index (χ2n) is 9.09. The smallest absolute Gasteiger partial charge is 0.227 e. The molecule has 154 valence electrons. The van der Waals surface area contributed by atoms with Crippen LogP contribution in [0.25, 0.3) is 0 Å². The number of amides is 4. The van der Waals surface area contributed by atoms with Crippen LogP contribution < -0.4 is 0 Å². The molecule has 0 aromatic rings. The molecule has 28 heavy (non-hydrogen) atoms. The topological polar surface area (TPSA) is 80.3 Å².